The number of rotatable bonds is 42. The molecule has 0 saturated carbocycles. The summed E-state index contributed by atoms with van der Waals surface area (Å²) in [5, 5.41) is 66.6. The van der Waals surface area contributed by atoms with Crippen molar-refractivity contribution in [2.24, 2.45) is 0 Å². The summed E-state index contributed by atoms with van der Waals surface area (Å²) in [6.07, 6.45) is -49.5. The molecule has 26 unspecified atom stereocenters. The highest BCUT2D eigenvalue weighted by molar-refractivity contribution is 8.00. The van der Waals surface area contributed by atoms with E-state index in [2.05, 4.69) is 21.3 Å². The zero-order valence-electron chi connectivity index (χ0n) is 80.4. The van der Waals surface area contributed by atoms with Crippen molar-refractivity contribution in [1.82, 2.24) is 21.3 Å². The predicted molar refractivity (Wildman–Crippen MR) is 481 cm³/mol. The van der Waals surface area contributed by atoms with Crippen LogP contribution in [-0.2, 0) is 181 Å². The van der Waals surface area contributed by atoms with E-state index in [1.54, 1.807) is 12.1 Å². The highest BCUT2D eigenvalue weighted by Gasteiger charge is 2.63. The highest BCUT2D eigenvalue weighted by atomic mass is 32.2. The number of non-ortho nitro benzene ring substituents is 2. The summed E-state index contributed by atoms with van der Waals surface area (Å²) in [5.74, 6) is -20.2. The van der Waals surface area contributed by atoms with Gasteiger partial charge < -0.3 is 131 Å². The second kappa shape index (κ2) is 51.6. The summed E-state index contributed by atoms with van der Waals surface area (Å²) in [4.78, 5) is 277. The van der Waals surface area contributed by atoms with Crippen molar-refractivity contribution in [3.63, 3.8) is 0 Å². The third kappa shape index (κ3) is 30.9. The number of thioether (sulfide) groups is 2. The van der Waals surface area contributed by atoms with Gasteiger partial charge in [-0.2, -0.15) is 0 Å². The first-order valence-corrected chi connectivity index (χ1v) is 46.2. The van der Waals surface area contributed by atoms with Gasteiger partial charge in [-0.1, -0.05) is 48.5 Å². The Labute approximate surface area is 839 Å². The molecule has 5 aliphatic heterocycles. The average molecular weight is 2120 g/mol. The number of nitro groups is 4. The molecule has 0 aromatic heterocycles. The standard InChI is InChI=1S/C89H102N8O48S2/c1-36(98)90-68-75(133-45(10)107)70(60(31-124-38(3)100)138-83(68)93-67(112)29-57(84(113)114)92-89(115)129-30-56-54-21-17-15-19-52(54)53-20-16-18-22-55(53)56)143-85-69(91-37(2)99)76(134-46(11)108)71(61(139-85)32-125-39(4)101)144-86-80(137-49(14)111)77(145-88-82(147-66-26-24-51(95(118)119)28-59(66)97(122)123)79(136-48(13)110)74(132-44(9)106)63(142-88)34-127-41(6)103)72(130-42(7)104)64(140-86)35-128-87-81(146-65-25-23-50(94(116)117)27-58(65)96(120)121)78(135-47(12)109)73(131-43(8)105)62(141-87)33-126-40(5)102/h15-28,56-57,60-64,68-83,85-88H,29-35H2,1-14H3,(H,90,98)(H,91,99)(H,92,115)(H,93,112)(H,113,114). The minimum Gasteiger partial charge on any atom is -0.480 e. The van der Waals surface area contributed by atoms with Crippen LogP contribution in [0.4, 0.5) is 27.5 Å². The van der Waals surface area contributed by atoms with E-state index in [-0.39, 0.29) is 18.4 Å². The Morgan fingerprint density at radius 3 is 1.12 bits per heavy atom. The number of carbonyl (C=O) groups is 17. The zero-order chi connectivity index (χ0) is 108. The summed E-state index contributed by atoms with van der Waals surface area (Å²) in [6.45, 7) is 6.02. The van der Waals surface area contributed by atoms with E-state index in [4.69, 9.17) is 104 Å². The fourth-order valence-corrected chi connectivity index (χ4v) is 19.3. The molecular formula is C89H102N8O48S2. The third-order valence-corrected chi connectivity index (χ3v) is 24.9. The summed E-state index contributed by atoms with van der Waals surface area (Å²) in [7, 11) is 0. The fourth-order valence-electron chi connectivity index (χ4n) is 16.7. The van der Waals surface area contributed by atoms with Crippen molar-refractivity contribution in [1.29, 1.82) is 0 Å². The Morgan fingerprint density at radius 2 is 0.701 bits per heavy atom. The van der Waals surface area contributed by atoms with Gasteiger partial charge in [-0.3, -0.25) is 112 Å². The van der Waals surface area contributed by atoms with Crippen LogP contribution in [-0.4, -0.2) is 324 Å². The first-order valence-electron chi connectivity index (χ1n) is 44.5. The molecule has 798 valence electrons. The molecule has 6 aliphatic rings. The number of fused-ring (bicyclic) bond motifs is 3. The van der Waals surface area contributed by atoms with Gasteiger partial charge in [-0.05, 0) is 34.4 Å². The summed E-state index contributed by atoms with van der Waals surface area (Å²) in [6, 6.07) is 12.6. The van der Waals surface area contributed by atoms with E-state index < -0.39 is 357 Å². The van der Waals surface area contributed by atoms with Crippen LogP contribution < -0.4 is 21.3 Å². The largest absolute Gasteiger partial charge is 0.480 e. The molecule has 5 N–H and O–H groups in total. The number of nitrogens with one attached hydrogen (secondary N) is 4. The van der Waals surface area contributed by atoms with Crippen LogP contribution in [0.15, 0.2) is 94.7 Å². The first kappa shape index (κ1) is 115. The van der Waals surface area contributed by atoms with E-state index in [1.807, 2.05) is 36.4 Å². The number of aliphatic carboxylic acids is 1. The third-order valence-electron chi connectivity index (χ3n) is 22.2. The number of hydrogen-bond acceptors (Lipinski definition) is 49. The van der Waals surface area contributed by atoms with Gasteiger partial charge in [0.05, 0.1) is 54.6 Å². The van der Waals surface area contributed by atoms with E-state index in [0.29, 0.717) is 23.9 Å². The lowest BCUT2D eigenvalue weighted by atomic mass is 9.93. The Kier molecular flexibility index (Phi) is 40.2. The van der Waals surface area contributed by atoms with Crippen LogP contribution >= 0.6 is 23.5 Å². The molecule has 147 heavy (non-hydrogen) atoms. The van der Waals surface area contributed by atoms with Crippen LogP contribution in [0.25, 0.3) is 11.1 Å². The lowest BCUT2D eigenvalue weighted by Crippen LogP contribution is -2.72. The predicted octanol–water partition coefficient (Wildman–Crippen LogP) is 2.95. The Hall–Kier alpha value is -14.4. The van der Waals surface area contributed by atoms with Gasteiger partial charge in [0.15, 0.2) is 80.2 Å². The Bertz CT molecular complexity index is 5610. The molecule has 10 rings (SSSR count). The smallest absolute Gasteiger partial charge is 0.407 e. The molecule has 5 heterocycles. The lowest BCUT2D eigenvalue weighted by Gasteiger charge is -2.52. The second-order valence-corrected chi connectivity index (χ2v) is 35.7. The van der Waals surface area contributed by atoms with Crippen molar-refractivity contribution < 1.29 is 211 Å². The molecule has 58 heteroatoms. The van der Waals surface area contributed by atoms with Crippen LogP contribution in [0.3, 0.4) is 0 Å². The van der Waals surface area contributed by atoms with Gasteiger partial charge in [-0.15, -0.1) is 23.5 Å². The van der Waals surface area contributed by atoms with Gasteiger partial charge in [0, 0.05) is 115 Å². The molecule has 0 bridgehead atoms. The van der Waals surface area contributed by atoms with E-state index in [1.165, 1.54) is 0 Å². The summed E-state index contributed by atoms with van der Waals surface area (Å²) >= 11 is 0.553. The van der Waals surface area contributed by atoms with Gasteiger partial charge in [0.25, 0.3) is 22.7 Å². The number of nitro benzene ring substituents is 4. The minimum atomic E-state index is -2.70. The van der Waals surface area contributed by atoms with Crippen molar-refractivity contribution in [2.75, 3.05) is 39.6 Å². The number of alkyl carbamates (subject to hydrolysis) is 1. The number of nitrogens with zero attached hydrogens (tertiary/aromatic N) is 4. The molecule has 4 aromatic carbocycles. The maximum Gasteiger partial charge on any atom is 0.407 e. The number of carbonyl (C=O) groups excluding carboxylic acids is 16. The quantitative estimate of drug-likeness (QED) is 0.0184. The summed E-state index contributed by atoms with van der Waals surface area (Å²) in [5.41, 5.74) is -0.513. The molecular weight excluding hydrogens is 2010 g/mol. The molecule has 5 fully saturated rings. The van der Waals surface area contributed by atoms with Gasteiger partial charge in [0.2, 0.25) is 17.7 Å². The van der Waals surface area contributed by atoms with Crippen LogP contribution in [0.1, 0.15) is 120 Å². The average Bonchev–Trinajstić information content (AvgIpc) is 1.71. The number of carboxylic acids is 1. The fraction of sp³-hybridized carbons (Fsp3) is 0.539. The second-order valence-electron chi connectivity index (χ2n) is 33.3. The van der Waals surface area contributed by atoms with Gasteiger partial charge >= 0.3 is 83.7 Å². The molecule has 4 aromatic rings. The van der Waals surface area contributed by atoms with E-state index in [0.717, 1.165) is 143 Å². The molecule has 4 amide bonds. The normalized spacial score (nSPS) is 27.1. The topological polar surface area (TPSA) is 734 Å². The number of hydrogen-bond donors (Lipinski definition) is 5. The molecule has 5 saturated heterocycles. The molecule has 0 spiro atoms. The first-order chi connectivity index (χ1) is 69.3. The van der Waals surface area contributed by atoms with Crippen molar-refractivity contribution in [3.05, 3.63) is 137 Å². The van der Waals surface area contributed by atoms with Gasteiger partial charge in [0.1, 0.15) is 110 Å². The van der Waals surface area contributed by atoms with Crippen LogP contribution in [0, 0.1) is 40.5 Å². The van der Waals surface area contributed by atoms with E-state index >= 15 is 0 Å². The molecule has 56 nitrogen and oxygen atoms in total. The van der Waals surface area contributed by atoms with Crippen LogP contribution in [0.2, 0.25) is 0 Å². The lowest BCUT2D eigenvalue weighted by molar-refractivity contribution is -0.396. The summed E-state index contributed by atoms with van der Waals surface area (Å²) < 4.78 is 135. The molecule has 0 radical (unpaired) electrons. The van der Waals surface area contributed by atoms with Gasteiger partial charge in [-0.25, -0.2) is 9.59 Å². The SMILES string of the molecule is CC(=O)NC1C(NC(=O)CC(NC(=O)OCC2c3ccccc3-c3ccccc32)C(=O)O)OC(COC(C)=O)C(OC2OC(COC(C)=O)C(OC3OC(COC4OC(COC(C)=O)C(OC(C)=O)C(OC(C)=O)C4Sc4ccc([N+](=O)[O-])cc4[N+](=O)[O-])C(OC(C)=O)C(OC4OC(COC(C)=O)C(OC(C)=O)C(OC(C)=O)C4Sc4ccc([N+](=O)[O-])cc4[N+](=O)[O-])C3OC(C)=O)C(OC(C)=O)C2NC(C)=O)C1OC(C)=O. The van der Waals surface area contributed by atoms with Crippen molar-refractivity contribution in [2.45, 2.75) is 277 Å². The van der Waals surface area contributed by atoms with Crippen molar-refractivity contribution in [3.8, 4) is 11.1 Å². The zero-order valence-corrected chi connectivity index (χ0v) is 82.0. The van der Waals surface area contributed by atoms with E-state index in [9.17, 15) is 127 Å². The Morgan fingerprint density at radius 1 is 0.354 bits per heavy atom. The highest BCUT2D eigenvalue weighted by Crippen LogP contribution is 2.49. The maximum absolute atomic E-state index is 14.5. The number of ether oxygens (including phenoxy) is 22. The number of benzene rings is 4. The minimum absolute atomic E-state index is 0.241. The number of esters is 12. The van der Waals surface area contributed by atoms with Crippen LogP contribution in [0.5, 0.6) is 0 Å². The Balaban J connectivity index is 1.14. The maximum atomic E-state index is 14.5. The number of amides is 4. The molecule has 26 atom stereocenters. The molecule has 1 aliphatic carbocycles. The monoisotopic (exact) mass is 2110 g/mol. The van der Waals surface area contributed by atoms with Crippen molar-refractivity contribution >= 4 is 148 Å². The number of carboxylic acid groups (broad SMARTS) is 1.